The Morgan fingerprint density at radius 2 is 2.33 bits per heavy atom. The van der Waals surface area contributed by atoms with E-state index in [9.17, 15) is 14.7 Å². The minimum atomic E-state index is -0.455. The van der Waals surface area contributed by atoms with Gasteiger partial charge in [-0.1, -0.05) is 6.92 Å². The van der Waals surface area contributed by atoms with Crippen molar-refractivity contribution in [3.05, 3.63) is 16.3 Å². The van der Waals surface area contributed by atoms with Gasteiger partial charge < -0.3 is 15.2 Å². The highest BCUT2D eigenvalue weighted by molar-refractivity contribution is 7.12. The van der Waals surface area contributed by atoms with Gasteiger partial charge in [-0.25, -0.2) is 4.79 Å². The molecule has 0 bridgehead atoms. The first-order chi connectivity index (χ1) is 10.1. The van der Waals surface area contributed by atoms with Gasteiger partial charge in [0.15, 0.2) is 0 Å². The second-order valence-electron chi connectivity index (χ2n) is 5.19. The van der Waals surface area contributed by atoms with Crippen molar-refractivity contribution in [3.8, 4) is 0 Å². The summed E-state index contributed by atoms with van der Waals surface area (Å²) in [6.07, 6.45) is 0.977. The molecule has 6 nitrogen and oxygen atoms in total. The van der Waals surface area contributed by atoms with Gasteiger partial charge in [0, 0.05) is 6.04 Å². The van der Waals surface area contributed by atoms with Crippen molar-refractivity contribution in [2.24, 2.45) is 5.92 Å². The second kappa shape index (κ2) is 7.02. The molecule has 2 unspecified atom stereocenters. The third kappa shape index (κ3) is 3.61. The Hall–Kier alpha value is -1.44. The summed E-state index contributed by atoms with van der Waals surface area (Å²) in [5.74, 6) is -0.260. The zero-order valence-corrected chi connectivity index (χ0v) is 13.0. The molecular formula is C14H20N2O4S. The monoisotopic (exact) mass is 312 g/mol. The van der Waals surface area contributed by atoms with Crippen LogP contribution in [0.25, 0.3) is 0 Å². The molecule has 1 aromatic rings. The van der Waals surface area contributed by atoms with E-state index >= 15 is 0 Å². The van der Waals surface area contributed by atoms with Crippen LogP contribution in [0.1, 0.15) is 23.0 Å². The van der Waals surface area contributed by atoms with E-state index in [0.717, 1.165) is 13.0 Å². The van der Waals surface area contributed by atoms with E-state index in [-0.39, 0.29) is 25.1 Å². The second-order valence-corrected chi connectivity index (χ2v) is 6.11. The van der Waals surface area contributed by atoms with E-state index in [1.54, 1.807) is 11.4 Å². The fourth-order valence-corrected chi connectivity index (χ4v) is 3.38. The number of carbonyl (C=O) groups excluding carboxylic acids is 2. The SMILES string of the molecule is COC(=O)c1sccc1NC(=O)CN1CCC(C)C1CO. The number of rotatable bonds is 5. The molecule has 7 heteroatoms. The molecule has 0 spiro atoms. The summed E-state index contributed by atoms with van der Waals surface area (Å²) in [6, 6.07) is 1.71. The number of hydrogen-bond donors (Lipinski definition) is 2. The van der Waals surface area contributed by atoms with E-state index < -0.39 is 5.97 Å². The molecule has 0 aliphatic carbocycles. The van der Waals surface area contributed by atoms with Crippen molar-refractivity contribution < 1.29 is 19.4 Å². The van der Waals surface area contributed by atoms with Gasteiger partial charge >= 0.3 is 5.97 Å². The highest BCUT2D eigenvalue weighted by Gasteiger charge is 2.31. The Morgan fingerprint density at radius 1 is 1.57 bits per heavy atom. The Kier molecular flexibility index (Phi) is 5.33. The fourth-order valence-electron chi connectivity index (χ4n) is 2.61. The molecule has 1 aliphatic heterocycles. The first-order valence-electron chi connectivity index (χ1n) is 6.87. The van der Waals surface area contributed by atoms with Gasteiger partial charge in [-0.05, 0) is 30.3 Å². The summed E-state index contributed by atoms with van der Waals surface area (Å²) in [7, 11) is 1.31. The topological polar surface area (TPSA) is 78.9 Å². The minimum Gasteiger partial charge on any atom is -0.465 e. The number of nitrogens with one attached hydrogen (secondary N) is 1. The van der Waals surface area contributed by atoms with Crippen LogP contribution in [0.4, 0.5) is 5.69 Å². The van der Waals surface area contributed by atoms with Crippen LogP contribution >= 0.6 is 11.3 Å². The number of nitrogens with zero attached hydrogens (tertiary/aromatic N) is 1. The summed E-state index contributed by atoms with van der Waals surface area (Å²) in [6.45, 7) is 3.15. The maximum absolute atomic E-state index is 12.1. The molecule has 116 valence electrons. The molecule has 2 atom stereocenters. The molecular weight excluding hydrogens is 292 g/mol. The normalized spacial score (nSPS) is 22.2. The Morgan fingerprint density at radius 3 is 3.00 bits per heavy atom. The van der Waals surface area contributed by atoms with Crippen molar-refractivity contribution in [1.29, 1.82) is 0 Å². The largest absolute Gasteiger partial charge is 0.465 e. The zero-order chi connectivity index (χ0) is 15.4. The van der Waals surface area contributed by atoms with Crippen LogP contribution in [-0.2, 0) is 9.53 Å². The molecule has 2 heterocycles. The molecule has 1 aromatic heterocycles. The number of likely N-dealkylation sites (tertiary alicyclic amines) is 1. The summed E-state index contributed by atoms with van der Waals surface area (Å²) in [5, 5.41) is 13.9. The van der Waals surface area contributed by atoms with Crippen molar-refractivity contribution in [2.75, 3.05) is 32.1 Å². The number of aliphatic hydroxyl groups excluding tert-OH is 1. The number of thiophene rings is 1. The lowest BCUT2D eigenvalue weighted by atomic mass is 10.0. The van der Waals surface area contributed by atoms with Crippen LogP contribution in [0.3, 0.4) is 0 Å². The first kappa shape index (κ1) is 15.9. The highest BCUT2D eigenvalue weighted by atomic mass is 32.1. The maximum Gasteiger partial charge on any atom is 0.350 e. The van der Waals surface area contributed by atoms with E-state index in [1.165, 1.54) is 18.4 Å². The molecule has 1 amide bonds. The van der Waals surface area contributed by atoms with E-state index in [2.05, 4.69) is 17.0 Å². The van der Waals surface area contributed by atoms with Gasteiger partial charge in [0.05, 0.1) is 25.9 Å². The quantitative estimate of drug-likeness (QED) is 0.798. The standard InChI is InChI=1S/C14H20N2O4S/c1-9-3-5-16(11(9)8-17)7-12(18)15-10-4-6-21-13(10)14(19)20-2/h4,6,9,11,17H,3,5,7-8H2,1-2H3,(H,15,18). The van der Waals surface area contributed by atoms with Crippen LogP contribution in [0.5, 0.6) is 0 Å². The number of hydrogen-bond acceptors (Lipinski definition) is 6. The van der Waals surface area contributed by atoms with Crippen LogP contribution in [0, 0.1) is 5.92 Å². The predicted octanol–water partition coefficient (Wildman–Crippen LogP) is 1.18. The molecule has 1 fully saturated rings. The Labute approximate surface area is 127 Å². The van der Waals surface area contributed by atoms with E-state index in [0.29, 0.717) is 16.5 Å². The van der Waals surface area contributed by atoms with Crippen LogP contribution in [0.2, 0.25) is 0 Å². The van der Waals surface area contributed by atoms with E-state index in [1.807, 2.05) is 4.90 Å². The van der Waals surface area contributed by atoms with Crippen LogP contribution in [-0.4, -0.2) is 54.7 Å². The number of carbonyl (C=O) groups is 2. The minimum absolute atomic E-state index is 0.0262. The van der Waals surface area contributed by atoms with Gasteiger partial charge in [0.25, 0.3) is 0 Å². The lowest BCUT2D eigenvalue weighted by molar-refractivity contribution is -0.117. The molecule has 0 radical (unpaired) electrons. The molecule has 21 heavy (non-hydrogen) atoms. The van der Waals surface area contributed by atoms with Gasteiger partial charge in [-0.15, -0.1) is 11.3 Å². The van der Waals surface area contributed by atoms with Crippen molar-refractivity contribution in [3.63, 3.8) is 0 Å². The van der Waals surface area contributed by atoms with Gasteiger partial charge in [0.1, 0.15) is 4.88 Å². The van der Waals surface area contributed by atoms with Crippen LogP contribution in [0.15, 0.2) is 11.4 Å². The fraction of sp³-hybridized carbons (Fsp3) is 0.571. The third-order valence-corrected chi connectivity index (χ3v) is 4.74. The van der Waals surface area contributed by atoms with Gasteiger partial charge in [0.2, 0.25) is 5.91 Å². The van der Waals surface area contributed by atoms with Gasteiger partial charge in [-0.2, -0.15) is 0 Å². The predicted molar refractivity (Wildman–Crippen MR) is 80.5 cm³/mol. The summed E-state index contributed by atoms with van der Waals surface area (Å²) in [4.78, 5) is 26.0. The van der Waals surface area contributed by atoms with E-state index in [4.69, 9.17) is 0 Å². The number of anilines is 1. The average Bonchev–Trinajstić information content (AvgIpc) is 3.05. The molecule has 2 N–H and O–H groups in total. The molecule has 2 rings (SSSR count). The Bertz CT molecular complexity index is 517. The molecule has 1 saturated heterocycles. The Balaban J connectivity index is 1.96. The summed E-state index contributed by atoms with van der Waals surface area (Å²) >= 11 is 1.23. The number of methoxy groups -OCH3 is 1. The maximum atomic E-state index is 12.1. The number of esters is 1. The lowest BCUT2D eigenvalue weighted by Gasteiger charge is -2.24. The third-order valence-electron chi connectivity index (χ3n) is 3.84. The van der Waals surface area contributed by atoms with Crippen molar-refractivity contribution >= 4 is 28.9 Å². The van der Waals surface area contributed by atoms with Crippen LogP contribution < -0.4 is 5.32 Å². The molecule has 0 aromatic carbocycles. The first-order valence-corrected chi connectivity index (χ1v) is 7.75. The highest BCUT2D eigenvalue weighted by Crippen LogP contribution is 2.25. The van der Waals surface area contributed by atoms with Crippen molar-refractivity contribution in [2.45, 2.75) is 19.4 Å². The molecule has 0 saturated carbocycles. The number of ether oxygens (including phenoxy) is 1. The number of amides is 1. The summed E-state index contributed by atoms with van der Waals surface area (Å²) < 4.78 is 4.68. The lowest BCUT2D eigenvalue weighted by Crippen LogP contribution is -2.40. The molecule has 1 aliphatic rings. The van der Waals surface area contributed by atoms with Crippen molar-refractivity contribution in [1.82, 2.24) is 4.90 Å². The van der Waals surface area contributed by atoms with Gasteiger partial charge in [-0.3, -0.25) is 9.69 Å². The summed E-state index contributed by atoms with van der Waals surface area (Å²) in [5.41, 5.74) is 0.477. The zero-order valence-electron chi connectivity index (χ0n) is 12.2. The number of aliphatic hydroxyl groups is 1. The average molecular weight is 312 g/mol. The smallest absolute Gasteiger partial charge is 0.350 e.